The van der Waals surface area contributed by atoms with Crippen LogP contribution in [-0.4, -0.2) is 62.2 Å². The average molecular weight is 639 g/mol. The van der Waals surface area contributed by atoms with E-state index in [4.69, 9.17) is 4.74 Å². The Morgan fingerprint density at radius 1 is 1.04 bits per heavy atom. The Bertz CT molecular complexity index is 1690. The average Bonchev–Trinajstić information content (AvgIpc) is 3.40. The highest BCUT2D eigenvalue weighted by Crippen LogP contribution is 2.27. The van der Waals surface area contributed by atoms with Gasteiger partial charge in [0.15, 0.2) is 11.5 Å². The number of anilines is 2. The number of carbonyl (C=O) groups is 3. The standard InChI is InChI=1S/C32H36F2N6O6/c1-19-17-21(10-13-23(19)28(41)36-14-6-5-7-24(29(42)43)39-31(44)46-32(2,3)4)38-26-27-37-18-25(40(27)16-15-35-26)20-8-11-22(12-9-20)45-30(33)34/h8-13,15-18,24,30H,5-7,14H2,1-4H3,(H,35,38)(H,36,41)(H,39,44)(H,42,43)/t24-/m0/s1. The minimum absolute atomic E-state index is 0.0580. The molecule has 0 aliphatic rings. The summed E-state index contributed by atoms with van der Waals surface area (Å²) in [7, 11) is 0. The van der Waals surface area contributed by atoms with Gasteiger partial charge in [0.25, 0.3) is 5.91 Å². The number of hydrogen-bond donors (Lipinski definition) is 4. The molecular formula is C32H36F2N6O6. The maximum atomic E-state index is 12.8. The first-order valence-electron chi connectivity index (χ1n) is 14.6. The molecule has 0 fully saturated rings. The molecule has 2 aromatic heterocycles. The van der Waals surface area contributed by atoms with Crippen LogP contribution in [0.15, 0.2) is 61.1 Å². The first-order valence-corrected chi connectivity index (χ1v) is 14.6. The van der Waals surface area contributed by atoms with E-state index >= 15 is 0 Å². The highest BCUT2D eigenvalue weighted by Gasteiger charge is 2.23. The number of amides is 2. The number of benzene rings is 2. The first-order chi connectivity index (χ1) is 21.8. The predicted molar refractivity (Wildman–Crippen MR) is 166 cm³/mol. The molecule has 4 N–H and O–H groups in total. The molecule has 0 unspecified atom stereocenters. The highest BCUT2D eigenvalue weighted by molar-refractivity contribution is 5.96. The summed E-state index contributed by atoms with van der Waals surface area (Å²) in [6.45, 7) is 4.30. The summed E-state index contributed by atoms with van der Waals surface area (Å²) >= 11 is 0. The topological polar surface area (TPSA) is 156 Å². The number of nitrogens with one attached hydrogen (secondary N) is 3. The zero-order valence-electron chi connectivity index (χ0n) is 25.8. The number of carbonyl (C=O) groups excluding carboxylic acids is 2. The van der Waals surface area contributed by atoms with E-state index in [0.717, 1.165) is 16.8 Å². The molecule has 2 heterocycles. The van der Waals surface area contributed by atoms with E-state index < -0.39 is 30.3 Å². The number of aromatic nitrogens is 3. The third kappa shape index (κ3) is 9.13. The van der Waals surface area contributed by atoms with Crippen molar-refractivity contribution in [2.24, 2.45) is 0 Å². The van der Waals surface area contributed by atoms with Crippen molar-refractivity contribution in [3.8, 4) is 17.0 Å². The molecular weight excluding hydrogens is 602 g/mol. The summed E-state index contributed by atoms with van der Waals surface area (Å²) < 4.78 is 36.4. The molecule has 244 valence electrons. The SMILES string of the molecule is Cc1cc(Nc2nccn3c(-c4ccc(OC(F)F)cc4)cnc23)ccc1C(=O)NCCCC[C@H](NC(=O)OC(C)(C)C)C(=O)O. The second-order valence-electron chi connectivity index (χ2n) is 11.5. The van der Waals surface area contributed by atoms with Gasteiger partial charge >= 0.3 is 18.7 Å². The zero-order chi connectivity index (χ0) is 33.4. The monoisotopic (exact) mass is 638 g/mol. The lowest BCUT2D eigenvalue weighted by Gasteiger charge is -2.22. The van der Waals surface area contributed by atoms with Gasteiger partial charge in [-0.15, -0.1) is 0 Å². The van der Waals surface area contributed by atoms with Gasteiger partial charge in [-0.25, -0.2) is 19.6 Å². The van der Waals surface area contributed by atoms with Crippen molar-refractivity contribution in [2.75, 3.05) is 11.9 Å². The quantitative estimate of drug-likeness (QED) is 0.130. The Morgan fingerprint density at radius 2 is 1.78 bits per heavy atom. The number of halogens is 2. The molecule has 12 nitrogen and oxygen atoms in total. The van der Waals surface area contributed by atoms with Crippen LogP contribution >= 0.6 is 0 Å². The van der Waals surface area contributed by atoms with Crippen LogP contribution in [0, 0.1) is 6.92 Å². The molecule has 0 saturated heterocycles. The Labute approximate surface area is 264 Å². The number of ether oxygens (including phenoxy) is 2. The van der Waals surface area contributed by atoms with Crippen LogP contribution in [0.3, 0.4) is 0 Å². The van der Waals surface area contributed by atoms with Crippen molar-refractivity contribution in [2.45, 2.75) is 65.2 Å². The summed E-state index contributed by atoms with van der Waals surface area (Å²) in [5, 5.41) is 17.9. The highest BCUT2D eigenvalue weighted by atomic mass is 19.3. The summed E-state index contributed by atoms with van der Waals surface area (Å²) in [5.74, 6) is -0.894. The molecule has 0 aliphatic carbocycles. The molecule has 0 spiro atoms. The van der Waals surface area contributed by atoms with Crippen LogP contribution in [0.2, 0.25) is 0 Å². The molecule has 1 atom stereocenters. The number of unbranched alkanes of at least 4 members (excludes halogenated alkanes) is 1. The van der Waals surface area contributed by atoms with Gasteiger partial charge < -0.3 is 30.5 Å². The number of alkyl carbamates (subject to hydrolysis) is 1. The number of nitrogens with zero attached hydrogens (tertiary/aromatic N) is 3. The third-order valence-corrected chi connectivity index (χ3v) is 6.73. The van der Waals surface area contributed by atoms with E-state index in [0.29, 0.717) is 42.1 Å². The summed E-state index contributed by atoms with van der Waals surface area (Å²) in [6.07, 6.45) is 5.37. The third-order valence-electron chi connectivity index (χ3n) is 6.73. The number of fused-ring (bicyclic) bond motifs is 1. The molecule has 0 radical (unpaired) electrons. The lowest BCUT2D eigenvalue weighted by molar-refractivity contribution is -0.139. The maximum absolute atomic E-state index is 12.8. The van der Waals surface area contributed by atoms with Gasteiger partial charge in [-0.3, -0.25) is 9.20 Å². The van der Waals surface area contributed by atoms with E-state index in [2.05, 4.69) is 30.7 Å². The number of carboxylic acid groups (broad SMARTS) is 1. The van der Waals surface area contributed by atoms with Gasteiger partial charge in [-0.2, -0.15) is 8.78 Å². The fraction of sp³-hybridized carbons (Fsp3) is 0.344. The summed E-state index contributed by atoms with van der Waals surface area (Å²) in [5.41, 5.74) is 3.15. The minimum Gasteiger partial charge on any atom is -0.480 e. The fourth-order valence-corrected chi connectivity index (χ4v) is 4.64. The van der Waals surface area contributed by atoms with Gasteiger partial charge in [0.05, 0.1) is 11.9 Å². The van der Waals surface area contributed by atoms with Crippen molar-refractivity contribution >= 4 is 35.1 Å². The van der Waals surface area contributed by atoms with Crippen molar-refractivity contribution in [1.82, 2.24) is 25.0 Å². The van der Waals surface area contributed by atoms with E-state index in [1.165, 1.54) is 12.1 Å². The number of imidazole rings is 1. The maximum Gasteiger partial charge on any atom is 0.408 e. The van der Waals surface area contributed by atoms with Crippen LogP contribution in [0.5, 0.6) is 5.75 Å². The Kier molecular flexibility index (Phi) is 10.7. The summed E-state index contributed by atoms with van der Waals surface area (Å²) in [4.78, 5) is 45.2. The second kappa shape index (κ2) is 14.7. The molecule has 0 saturated carbocycles. The first kappa shape index (κ1) is 33.6. The van der Waals surface area contributed by atoms with Crippen molar-refractivity contribution < 1.29 is 37.7 Å². The summed E-state index contributed by atoms with van der Waals surface area (Å²) in [6, 6.07) is 10.4. The number of rotatable bonds is 13. The Hall–Kier alpha value is -5.27. The van der Waals surface area contributed by atoms with E-state index in [1.807, 2.05) is 17.4 Å². The van der Waals surface area contributed by atoms with Crippen LogP contribution in [0.25, 0.3) is 16.9 Å². The number of aliphatic carboxylic acids is 1. The van der Waals surface area contributed by atoms with Gasteiger partial charge in [-0.1, -0.05) is 0 Å². The van der Waals surface area contributed by atoms with Crippen LogP contribution in [0.4, 0.5) is 25.1 Å². The van der Waals surface area contributed by atoms with Gasteiger partial charge in [0.1, 0.15) is 17.4 Å². The Balaban J connectivity index is 1.32. The Morgan fingerprint density at radius 3 is 2.43 bits per heavy atom. The molecule has 0 bridgehead atoms. The van der Waals surface area contributed by atoms with Gasteiger partial charge in [-0.05, 0) is 95.0 Å². The lowest BCUT2D eigenvalue weighted by atomic mass is 10.1. The number of alkyl halides is 2. The number of hydrogen-bond acceptors (Lipinski definition) is 8. The minimum atomic E-state index is -2.90. The number of aryl methyl sites for hydroxylation is 1. The normalized spacial score (nSPS) is 12.1. The molecule has 4 rings (SSSR count). The molecule has 14 heteroatoms. The zero-order valence-corrected chi connectivity index (χ0v) is 25.8. The number of carboxylic acids is 1. The van der Waals surface area contributed by atoms with Crippen LogP contribution in [0.1, 0.15) is 56.0 Å². The van der Waals surface area contributed by atoms with Crippen molar-refractivity contribution in [3.05, 3.63) is 72.2 Å². The van der Waals surface area contributed by atoms with Gasteiger partial charge in [0, 0.05) is 35.8 Å². The largest absolute Gasteiger partial charge is 0.480 e. The van der Waals surface area contributed by atoms with E-state index in [1.54, 1.807) is 63.6 Å². The van der Waals surface area contributed by atoms with E-state index in [9.17, 15) is 28.3 Å². The van der Waals surface area contributed by atoms with Crippen molar-refractivity contribution in [3.63, 3.8) is 0 Å². The van der Waals surface area contributed by atoms with Crippen molar-refractivity contribution in [1.29, 1.82) is 0 Å². The molecule has 46 heavy (non-hydrogen) atoms. The predicted octanol–water partition coefficient (Wildman–Crippen LogP) is 5.93. The van der Waals surface area contributed by atoms with Crippen LogP contribution < -0.4 is 20.7 Å². The van der Waals surface area contributed by atoms with Gasteiger partial charge in [0.2, 0.25) is 0 Å². The van der Waals surface area contributed by atoms with Crippen LogP contribution in [-0.2, 0) is 9.53 Å². The molecule has 2 aromatic carbocycles. The smallest absolute Gasteiger partial charge is 0.408 e. The van der Waals surface area contributed by atoms with E-state index in [-0.39, 0.29) is 18.1 Å². The second-order valence-corrected chi connectivity index (χ2v) is 11.5. The lowest BCUT2D eigenvalue weighted by Crippen LogP contribution is -2.43. The fourth-order valence-electron chi connectivity index (χ4n) is 4.64. The molecule has 4 aromatic rings. The molecule has 2 amide bonds. The molecule has 0 aliphatic heterocycles.